The van der Waals surface area contributed by atoms with Gasteiger partial charge in [-0.25, -0.2) is 0 Å². The van der Waals surface area contributed by atoms with Crippen LogP contribution in [0.25, 0.3) is 6.08 Å². The molecule has 1 heterocycles. The van der Waals surface area contributed by atoms with Gasteiger partial charge in [-0.1, -0.05) is 18.6 Å². The molecule has 1 nitrogen and oxygen atoms in total. The van der Waals surface area contributed by atoms with Gasteiger partial charge in [0.2, 0.25) is 0 Å². The van der Waals surface area contributed by atoms with Crippen molar-refractivity contribution in [3.05, 3.63) is 28.0 Å². The van der Waals surface area contributed by atoms with Crippen molar-refractivity contribution >= 4 is 17.4 Å². The summed E-state index contributed by atoms with van der Waals surface area (Å²) >= 11 is 1.74. The van der Waals surface area contributed by atoms with Crippen LogP contribution in [-0.4, -0.2) is 13.1 Å². The van der Waals surface area contributed by atoms with Crippen molar-refractivity contribution in [3.63, 3.8) is 0 Å². The third-order valence-corrected chi connectivity index (χ3v) is 2.31. The fourth-order valence-electron chi connectivity index (χ4n) is 1.01. The van der Waals surface area contributed by atoms with Crippen LogP contribution in [0.15, 0.2) is 22.4 Å². The van der Waals surface area contributed by atoms with Gasteiger partial charge in [0.05, 0.1) is 0 Å². The summed E-state index contributed by atoms with van der Waals surface area (Å²) in [4.78, 5) is 0. The first-order chi connectivity index (χ1) is 5.83. The molecule has 0 fully saturated rings. The third kappa shape index (κ3) is 3.20. The van der Waals surface area contributed by atoms with E-state index in [1.54, 1.807) is 11.3 Å². The van der Waals surface area contributed by atoms with Crippen LogP contribution in [-0.2, 0) is 0 Å². The molecule has 1 rings (SSSR count). The lowest BCUT2D eigenvalue weighted by atomic mass is 10.2. The predicted molar refractivity (Wildman–Crippen MR) is 56.5 cm³/mol. The molecule has 0 bridgehead atoms. The van der Waals surface area contributed by atoms with Crippen LogP contribution < -0.4 is 5.32 Å². The van der Waals surface area contributed by atoms with Gasteiger partial charge < -0.3 is 5.32 Å². The molecule has 66 valence electrons. The van der Waals surface area contributed by atoms with E-state index in [4.69, 9.17) is 0 Å². The first kappa shape index (κ1) is 9.49. The van der Waals surface area contributed by atoms with Gasteiger partial charge in [0.25, 0.3) is 0 Å². The molecular weight excluding hydrogens is 166 g/mol. The van der Waals surface area contributed by atoms with E-state index in [0.717, 1.165) is 13.1 Å². The first-order valence-corrected chi connectivity index (χ1v) is 5.17. The maximum Gasteiger partial charge on any atom is 0.0165 e. The molecule has 0 atom stereocenters. The Morgan fingerprint density at radius 3 is 3.08 bits per heavy atom. The zero-order valence-corrected chi connectivity index (χ0v) is 8.45. The minimum atomic E-state index is 0.992. The molecular formula is C10H15NS. The van der Waals surface area contributed by atoms with Crippen molar-refractivity contribution in [3.8, 4) is 0 Å². The van der Waals surface area contributed by atoms with Crippen LogP contribution in [0.3, 0.4) is 0 Å². The van der Waals surface area contributed by atoms with Crippen molar-refractivity contribution in [2.45, 2.75) is 13.8 Å². The van der Waals surface area contributed by atoms with Crippen molar-refractivity contribution in [2.24, 2.45) is 0 Å². The monoisotopic (exact) mass is 181 g/mol. The van der Waals surface area contributed by atoms with Crippen LogP contribution in [0.4, 0.5) is 0 Å². The van der Waals surface area contributed by atoms with E-state index in [-0.39, 0.29) is 0 Å². The number of hydrogen-bond acceptors (Lipinski definition) is 2. The number of rotatable bonds is 4. The Balaban J connectivity index is 2.46. The van der Waals surface area contributed by atoms with Crippen molar-refractivity contribution < 1.29 is 0 Å². The lowest BCUT2D eigenvalue weighted by molar-refractivity contribution is 0.779. The molecule has 0 amide bonds. The number of thiophene rings is 1. The van der Waals surface area contributed by atoms with Crippen LogP contribution in [0.5, 0.6) is 0 Å². The van der Waals surface area contributed by atoms with E-state index in [1.807, 2.05) is 0 Å². The third-order valence-electron chi connectivity index (χ3n) is 1.61. The molecule has 1 N–H and O–H groups in total. The van der Waals surface area contributed by atoms with Crippen molar-refractivity contribution in [1.82, 2.24) is 5.32 Å². The second-order valence-electron chi connectivity index (χ2n) is 2.83. The van der Waals surface area contributed by atoms with Crippen LogP contribution in [0.2, 0.25) is 0 Å². The van der Waals surface area contributed by atoms with E-state index in [1.165, 1.54) is 11.1 Å². The second kappa shape index (κ2) is 5.12. The van der Waals surface area contributed by atoms with Gasteiger partial charge in [0.15, 0.2) is 0 Å². The normalized spacial score (nSPS) is 12.0. The van der Waals surface area contributed by atoms with E-state index in [2.05, 4.69) is 42.1 Å². The van der Waals surface area contributed by atoms with E-state index < -0.39 is 0 Å². The molecule has 0 spiro atoms. The van der Waals surface area contributed by atoms with Crippen LogP contribution >= 0.6 is 11.3 Å². The largest absolute Gasteiger partial charge is 0.313 e. The molecule has 12 heavy (non-hydrogen) atoms. The Morgan fingerprint density at radius 2 is 2.50 bits per heavy atom. The smallest absolute Gasteiger partial charge is 0.0165 e. The number of hydrogen-bond donors (Lipinski definition) is 1. The quantitative estimate of drug-likeness (QED) is 0.753. The number of nitrogens with one attached hydrogen (secondary N) is 1. The summed E-state index contributed by atoms with van der Waals surface area (Å²) in [5.41, 5.74) is 2.70. The Kier molecular flexibility index (Phi) is 4.05. The molecule has 0 aromatic carbocycles. The Bertz CT molecular complexity index is 236. The Morgan fingerprint density at radius 1 is 1.67 bits per heavy atom. The zero-order chi connectivity index (χ0) is 8.81. The average molecular weight is 181 g/mol. The lowest BCUT2D eigenvalue weighted by Crippen LogP contribution is -2.14. The molecule has 0 aliphatic carbocycles. The van der Waals surface area contributed by atoms with Gasteiger partial charge in [-0.3, -0.25) is 0 Å². The van der Waals surface area contributed by atoms with Gasteiger partial charge >= 0.3 is 0 Å². The summed E-state index contributed by atoms with van der Waals surface area (Å²) in [5.74, 6) is 0. The molecule has 0 aliphatic rings. The maximum absolute atomic E-state index is 3.30. The van der Waals surface area contributed by atoms with Crippen molar-refractivity contribution in [2.75, 3.05) is 13.1 Å². The molecule has 0 saturated heterocycles. The van der Waals surface area contributed by atoms with Crippen molar-refractivity contribution in [1.29, 1.82) is 0 Å². The highest BCUT2D eigenvalue weighted by atomic mass is 32.1. The lowest BCUT2D eigenvalue weighted by Gasteiger charge is -2.00. The Hall–Kier alpha value is -0.600. The molecule has 0 aliphatic heterocycles. The minimum Gasteiger partial charge on any atom is -0.313 e. The van der Waals surface area contributed by atoms with Gasteiger partial charge in [-0.05, 0) is 35.9 Å². The fraction of sp³-hybridized carbons (Fsp3) is 0.400. The van der Waals surface area contributed by atoms with E-state index in [9.17, 15) is 0 Å². The molecule has 0 saturated carbocycles. The number of likely N-dealkylation sites (N-methyl/N-ethyl adjacent to an activating group) is 1. The summed E-state index contributed by atoms with van der Waals surface area (Å²) in [5, 5.41) is 7.56. The van der Waals surface area contributed by atoms with Crippen LogP contribution in [0.1, 0.15) is 19.4 Å². The summed E-state index contributed by atoms with van der Waals surface area (Å²) in [6, 6.07) is 2.14. The highest BCUT2D eigenvalue weighted by Crippen LogP contribution is 2.09. The zero-order valence-electron chi connectivity index (χ0n) is 7.63. The molecule has 0 unspecified atom stereocenters. The summed E-state index contributed by atoms with van der Waals surface area (Å²) in [6.45, 7) is 6.30. The standard InChI is InChI=1S/C10H15NS/c1-3-11-7-9(2)6-10-4-5-12-8-10/h4-6,8,11H,3,7H2,1-2H3. The molecule has 1 aromatic rings. The summed E-state index contributed by atoms with van der Waals surface area (Å²) in [7, 11) is 0. The van der Waals surface area contributed by atoms with Crippen LogP contribution in [0, 0.1) is 0 Å². The average Bonchev–Trinajstić information content (AvgIpc) is 2.53. The highest BCUT2D eigenvalue weighted by molar-refractivity contribution is 7.08. The maximum atomic E-state index is 3.30. The topological polar surface area (TPSA) is 12.0 Å². The summed E-state index contributed by atoms with van der Waals surface area (Å²) in [6.07, 6.45) is 2.22. The Labute approximate surface area is 78.1 Å². The summed E-state index contributed by atoms with van der Waals surface area (Å²) < 4.78 is 0. The molecule has 2 heteroatoms. The second-order valence-corrected chi connectivity index (χ2v) is 3.61. The van der Waals surface area contributed by atoms with Gasteiger partial charge in [-0.2, -0.15) is 11.3 Å². The molecule has 0 radical (unpaired) electrons. The van der Waals surface area contributed by atoms with Gasteiger partial charge in [-0.15, -0.1) is 0 Å². The molecule has 1 aromatic heterocycles. The predicted octanol–water partition coefficient (Wildman–Crippen LogP) is 2.76. The van der Waals surface area contributed by atoms with E-state index in [0.29, 0.717) is 0 Å². The first-order valence-electron chi connectivity index (χ1n) is 4.23. The van der Waals surface area contributed by atoms with Gasteiger partial charge in [0, 0.05) is 6.54 Å². The highest BCUT2D eigenvalue weighted by Gasteiger charge is 1.90. The SMILES string of the molecule is CCNCC(C)=Cc1ccsc1. The van der Waals surface area contributed by atoms with Gasteiger partial charge in [0.1, 0.15) is 0 Å². The fourth-order valence-corrected chi connectivity index (χ4v) is 1.63. The minimum absolute atomic E-state index is 0.992. The van der Waals surface area contributed by atoms with E-state index >= 15 is 0 Å².